The lowest BCUT2D eigenvalue weighted by Gasteiger charge is -2.29. The molecule has 0 bridgehead atoms. The number of carbonyl (C=O) groups is 3. The van der Waals surface area contributed by atoms with Crippen LogP contribution in [0, 0.1) is 6.92 Å². The van der Waals surface area contributed by atoms with E-state index in [-0.39, 0.29) is 38.0 Å². The van der Waals surface area contributed by atoms with Crippen LogP contribution in [0.4, 0.5) is 0 Å². The van der Waals surface area contributed by atoms with Crippen molar-refractivity contribution in [2.45, 2.75) is 13.1 Å². The molecule has 1 aliphatic heterocycles. The van der Waals surface area contributed by atoms with Crippen LogP contribution in [0.2, 0.25) is 0 Å². The van der Waals surface area contributed by atoms with E-state index in [1.165, 1.54) is 22.2 Å². The number of nitrogens with zero attached hydrogens (tertiary/aromatic N) is 3. The third kappa shape index (κ3) is 4.01. The van der Waals surface area contributed by atoms with Gasteiger partial charge in [-0.15, -0.1) is 0 Å². The van der Waals surface area contributed by atoms with E-state index in [9.17, 15) is 14.4 Å². The first-order valence-electron chi connectivity index (χ1n) is 9.09. The molecule has 28 heavy (non-hydrogen) atoms. The Balaban J connectivity index is 1.90. The van der Waals surface area contributed by atoms with Crippen LogP contribution >= 0.6 is 0 Å². The highest BCUT2D eigenvalue weighted by molar-refractivity contribution is 6.02. The van der Waals surface area contributed by atoms with Crippen molar-refractivity contribution in [1.29, 1.82) is 0 Å². The van der Waals surface area contributed by atoms with Gasteiger partial charge in [0.15, 0.2) is 6.17 Å². The standard InChI is InChI=1S/C20H23N5O3/c1-14-3-2-4-16(13-14)20(28)25-12-11-24(18(25)17(26)23-10-7-21)19(27)15-5-8-22-9-6-15/h2-6,8-9,13,18H,7,10-12,21H2,1H3,(H,23,26). The predicted octanol–water partition coefficient (Wildman–Crippen LogP) is 0.389. The Morgan fingerprint density at radius 2 is 1.71 bits per heavy atom. The van der Waals surface area contributed by atoms with Crippen LogP contribution in [-0.2, 0) is 4.79 Å². The van der Waals surface area contributed by atoms with Crippen molar-refractivity contribution in [3.63, 3.8) is 0 Å². The molecule has 0 aliphatic carbocycles. The number of hydrogen-bond donors (Lipinski definition) is 2. The third-order valence-corrected chi connectivity index (χ3v) is 4.56. The van der Waals surface area contributed by atoms with Gasteiger partial charge in [-0.2, -0.15) is 0 Å². The van der Waals surface area contributed by atoms with E-state index in [2.05, 4.69) is 10.3 Å². The van der Waals surface area contributed by atoms with Gasteiger partial charge in [-0.3, -0.25) is 19.4 Å². The van der Waals surface area contributed by atoms with Crippen molar-refractivity contribution in [2.75, 3.05) is 26.2 Å². The zero-order chi connectivity index (χ0) is 20.1. The summed E-state index contributed by atoms with van der Waals surface area (Å²) in [5.41, 5.74) is 7.32. The maximum absolute atomic E-state index is 13.1. The summed E-state index contributed by atoms with van der Waals surface area (Å²) in [5.74, 6) is -1.04. The fraction of sp³-hybridized carbons (Fsp3) is 0.300. The molecular weight excluding hydrogens is 358 g/mol. The Labute approximate surface area is 163 Å². The SMILES string of the molecule is Cc1cccc(C(=O)N2CCN(C(=O)c3ccncc3)C2C(=O)NCCN)c1. The molecule has 8 heteroatoms. The normalized spacial score (nSPS) is 16.1. The Kier molecular flexibility index (Phi) is 6.00. The number of nitrogens with one attached hydrogen (secondary N) is 1. The summed E-state index contributed by atoms with van der Waals surface area (Å²) in [5, 5.41) is 2.69. The van der Waals surface area contributed by atoms with Gasteiger partial charge in [0.1, 0.15) is 0 Å². The Hall–Kier alpha value is -3.26. The number of hydrogen-bond acceptors (Lipinski definition) is 5. The van der Waals surface area contributed by atoms with E-state index >= 15 is 0 Å². The lowest BCUT2D eigenvalue weighted by Crippen LogP contribution is -2.54. The number of nitrogens with two attached hydrogens (primary N) is 1. The van der Waals surface area contributed by atoms with Gasteiger partial charge in [-0.1, -0.05) is 17.7 Å². The van der Waals surface area contributed by atoms with Crippen molar-refractivity contribution in [1.82, 2.24) is 20.1 Å². The van der Waals surface area contributed by atoms with Crippen molar-refractivity contribution in [3.05, 3.63) is 65.5 Å². The van der Waals surface area contributed by atoms with E-state index in [1.807, 2.05) is 13.0 Å². The minimum Gasteiger partial charge on any atom is -0.351 e. The fourth-order valence-corrected chi connectivity index (χ4v) is 3.23. The van der Waals surface area contributed by atoms with Crippen LogP contribution in [0.1, 0.15) is 26.3 Å². The highest BCUT2D eigenvalue weighted by atomic mass is 16.2. The number of pyridine rings is 1. The summed E-state index contributed by atoms with van der Waals surface area (Å²) in [4.78, 5) is 45.6. The Bertz CT molecular complexity index is 871. The van der Waals surface area contributed by atoms with Gasteiger partial charge in [-0.05, 0) is 31.2 Å². The minimum atomic E-state index is -1.03. The topological polar surface area (TPSA) is 109 Å². The van der Waals surface area contributed by atoms with Crippen LogP contribution in [0.5, 0.6) is 0 Å². The van der Waals surface area contributed by atoms with E-state index in [0.29, 0.717) is 11.1 Å². The van der Waals surface area contributed by atoms with Gasteiger partial charge in [0.2, 0.25) is 0 Å². The largest absolute Gasteiger partial charge is 0.351 e. The average Bonchev–Trinajstić information content (AvgIpc) is 3.16. The zero-order valence-corrected chi connectivity index (χ0v) is 15.7. The summed E-state index contributed by atoms with van der Waals surface area (Å²) in [6.07, 6.45) is 2.01. The molecule has 1 saturated heterocycles. The third-order valence-electron chi connectivity index (χ3n) is 4.56. The molecule has 0 spiro atoms. The summed E-state index contributed by atoms with van der Waals surface area (Å²) in [7, 11) is 0. The van der Waals surface area contributed by atoms with Crippen molar-refractivity contribution < 1.29 is 14.4 Å². The van der Waals surface area contributed by atoms with Crippen molar-refractivity contribution in [3.8, 4) is 0 Å². The second kappa shape index (κ2) is 8.62. The maximum Gasteiger partial charge on any atom is 0.263 e. The van der Waals surface area contributed by atoms with E-state index in [4.69, 9.17) is 5.73 Å². The molecule has 0 radical (unpaired) electrons. The maximum atomic E-state index is 13.1. The molecule has 3 amide bonds. The van der Waals surface area contributed by atoms with Crippen LogP contribution in [0.3, 0.4) is 0 Å². The smallest absolute Gasteiger partial charge is 0.263 e. The molecule has 2 aromatic rings. The van der Waals surface area contributed by atoms with E-state index in [0.717, 1.165) is 5.56 Å². The molecule has 3 rings (SSSR count). The monoisotopic (exact) mass is 381 g/mol. The zero-order valence-electron chi connectivity index (χ0n) is 15.7. The predicted molar refractivity (Wildman–Crippen MR) is 103 cm³/mol. The molecule has 3 N–H and O–H groups in total. The molecule has 1 aromatic heterocycles. The van der Waals surface area contributed by atoms with Gasteiger partial charge in [0, 0.05) is 49.7 Å². The molecule has 2 heterocycles. The Morgan fingerprint density at radius 1 is 1.07 bits per heavy atom. The molecule has 8 nitrogen and oxygen atoms in total. The number of aryl methyl sites for hydroxylation is 1. The highest BCUT2D eigenvalue weighted by Crippen LogP contribution is 2.21. The quantitative estimate of drug-likeness (QED) is 0.779. The van der Waals surface area contributed by atoms with Crippen LogP contribution in [0.25, 0.3) is 0 Å². The van der Waals surface area contributed by atoms with Gasteiger partial charge < -0.3 is 20.9 Å². The first-order valence-corrected chi connectivity index (χ1v) is 9.09. The van der Waals surface area contributed by atoms with Gasteiger partial charge in [0.25, 0.3) is 17.7 Å². The number of aromatic nitrogens is 1. The Morgan fingerprint density at radius 3 is 2.32 bits per heavy atom. The lowest BCUT2D eigenvalue weighted by molar-refractivity contribution is -0.128. The highest BCUT2D eigenvalue weighted by Gasteiger charge is 2.43. The fourth-order valence-electron chi connectivity index (χ4n) is 3.23. The molecule has 1 aromatic carbocycles. The van der Waals surface area contributed by atoms with Crippen LogP contribution in [0.15, 0.2) is 48.8 Å². The number of carbonyl (C=O) groups excluding carboxylic acids is 3. The number of rotatable bonds is 5. The number of amides is 3. The average molecular weight is 381 g/mol. The molecule has 1 aliphatic rings. The molecule has 1 atom stereocenters. The van der Waals surface area contributed by atoms with Gasteiger partial charge in [-0.25, -0.2) is 0 Å². The van der Waals surface area contributed by atoms with Gasteiger partial charge in [0.05, 0.1) is 0 Å². The van der Waals surface area contributed by atoms with Crippen LogP contribution < -0.4 is 11.1 Å². The lowest BCUT2D eigenvalue weighted by atomic mass is 10.1. The molecule has 1 unspecified atom stereocenters. The summed E-state index contributed by atoms with van der Waals surface area (Å²) in [6.45, 7) is 2.96. The van der Waals surface area contributed by atoms with Crippen molar-refractivity contribution >= 4 is 17.7 Å². The number of benzene rings is 1. The first kappa shape index (κ1) is 19.5. The second-order valence-electron chi connectivity index (χ2n) is 6.56. The molecule has 0 saturated carbocycles. The van der Waals surface area contributed by atoms with Gasteiger partial charge >= 0.3 is 0 Å². The van der Waals surface area contributed by atoms with Crippen molar-refractivity contribution in [2.24, 2.45) is 5.73 Å². The van der Waals surface area contributed by atoms with E-state index < -0.39 is 12.1 Å². The first-order chi connectivity index (χ1) is 13.5. The molecular formula is C20H23N5O3. The summed E-state index contributed by atoms with van der Waals surface area (Å²) >= 11 is 0. The minimum absolute atomic E-state index is 0.263. The summed E-state index contributed by atoms with van der Waals surface area (Å²) in [6, 6.07) is 10.3. The molecule has 146 valence electrons. The van der Waals surface area contributed by atoms with Crippen LogP contribution in [-0.4, -0.2) is 64.9 Å². The summed E-state index contributed by atoms with van der Waals surface area (Å²) < 4.78 is 0. The van der Waals surface area contributed by atoms with E-state index in [1.54, 1.807) is 30.3 Å². The molecule has 1 fully saturated rings. The second-order valence-corrected chi connectivity index (χ2v) is 6.56.